The van der Waals surface area contributed by atoms with E-state index in [0.717, 1.165) is 5.56 Å². The number of carboxylic acids is 1. The predicted molar refractivity (Wildman–Crippen MR) is 81.4 cm³/mol. The molecule has 1 rings (SSSR count). The highest BCUT2D eigenvalue weighted by Crippen LogP contribution is 2.15. The van der Waals surface area contributed by atoms with Crippen LogP contribution in [-0.2, 0) is 4.74 Å². The minimum Gasteiger partial charge on any atom is -0.478 e. The summed E-state index contributed by atoms with van der Waals surface area (Å²) in [5.41, 5.74) is 1.25. The van der Waals surface area contributed by atoms with Crippen LogP contribution in [0.4, 0.5) is 4.79 Å². The van der Waals surface area contributed by atoms with Crippen LogP contribution in [0.3, 0.4) is 0 Å². The van der Waals surface area contributed by atoms with E-state index in [9.17, 15) is 9.59 Å². The van der Waals surface area contributed by atoms with Crippen molar-refractivity contribution in [1.82, 2.24) is 5.32 Å². The molecule has 0 saturated carbocycles. The number of aromatic carboxylic acids is 1. The summed E-state index contributed by atoms with van der Waals surface area (Å²) in [5.74, 6) is -0.949. The number of carbonyl (C=O) groups excluding carboxylic acids is 1. The Hall–Kier alpha value is -2.30. The van der Waals surface area contributed by atoms with E-state index in [1.54, 1.807) is 52.0 Å². The Morgan fingerprint density at radius 3 is 2.57 bits per heavy atom. The SMILES string of the molecule is Cc1c(C=CCNC(=O)OC(C)(C)C)cccc1C(=O)O. The Balaban J connectivity index is 2.61. The van der Waals surface area contributed by atoms with Gasteiger partial charge < -0.3 is 15.2 Å². The summed E-state index contributed by atoms with van der Waals surface area (Å²) in [5, 5.41) is 11.6. The molecule has 0 saturated heterocycles. The van der Waals surface area contributed by atoms with Crippen LogP contribution >= 0.6 is 0 Å². The molecule has 2 N–H and O–H groups in total. The summed E-state index contributed by atoms with van der Waals surface area (Å²) < 4.78 is 5.10. The van der Waals surface area contributed by atoms with Gasteiger partial charge in [0.05, 0.1) is 5.56 Å². The Morgan fingerprint density at radius 2 is 2.00 bits per heavy atom. The monoisotopic (exact) mass is 291 g/mol. The third-order valence-corrected chi connectivity index (χ3v) is 2.67. The van der Waals surface area contributed by atoms with Crippen LogP contribution in [0.5, 0.6) is 0 Å². The van der Waals surface area contributed by atoms with Gasteiger partial charge in [-0.15, -0.1) is 0 Å². The molecule has 5 nitrogen and oxygen atoms in total. The second-order valence-corrected chi connectivity index (χ2v) is 5.61. The Labute approximate surface area is 124 Å². The molecule has 0 unspecified atom stereocenters. The molecule has 0 atom stereocenters. The van der Waals surface area contributed by atoms with Gasteiger partial charge in [0.15, 0.2) is 0 Å². The number of benzene rings is 1. The summed E-state index contributed by atoms with van der Waals surface area (Å²) >= 11 is 0. The third kappa shape index (κ3) is 5.69. The van der Waals surface area contributed by atoms with E-state index >= 15 is 0 Å². The van der Waals surface area contributed by atoms with Crippen molar-refractivity contribution >= 4 is 18.1 Å². The maximum Gasteiger partial charge on any atom is 0.407 e. The van der Waals surface area contributed by atoms with E-state index in [1.165, 1.54) is 0 Å². The summed E-state index contributed by atoms with van der Waals surface area (Å²) in [6.07, 6.45) is 3.04. The quantitative estimate of drug-likeness (QED) is 0.893. The van der Waals surface area contributed by atoms with Crippen molar-refractivity contribution in [3.63, 3.8) is 0 Å². The van der Waals surface area contributed by atoms with Gasteiger partial charge in [-0.05, 0) is 44.9 Å². The van der Waals surface area contributed by atoms with E-state index in [0.29, 0.717) is 12.1 Å². The van der Waals surface area contributed by atoms with Crippen LogP contribution in [0, 0.1) is 6.92 Å². The average molecular weight is 291 g/mol. The van der Waals surface area contributed by atoms with Gasteiger partial charge in [0.25, 0.3) is 0 Å². The summed E-state index contributed by atoms with van der Waals surface area (Å²) in [6, 6.07) is 5.08. The second-order valence-electron chi connectivity index (χ2n) is 5.61. The number of carbonyl (C=O) groups is 2. The number of rotatable bonds is 4. The summed E-state index contributed by atoms with van der Waals surface area (Å²) in [6.45, 7) is 7.45. The average Bonchev–Trinajstić information content (AvgIpc) is 2.33. The van der Waals surface area contributed by atoms with Crippen molar-refractivity contribution in [2.75, 3.05) is 6.54 Å². The van der Waals surface area contributed by atoms with Crippen molar-refractivity contribution in [1.29, 1.82) is 0 Å². The van der Waals surface area contributed by atoms with Crippen LogP contribution in [0.15, 0.2) is 24.3 Å². The van der Waals surface area contributed by atoms with Gasteiger partial charge >= 0.3 is 12.1 Å². The number of alkyl carbamates (subject to hydrolysis) is 1. The summed E-state index contributed by atoms with van der Waals surface area (Å²) in [4.78, 5) is 22.5. The zero-order valence-electron chi connectivity index (χ0n) is 12.8. The Kier molecular flexibility index (Phi) is 5.52. The Bertz CT molecular complexity index is 556. The fraction of sp³-hybridized carbons (Fsp3) is 0.375. The second kappa shape index (κ2) is 6.92. The van der Waals surface area contributed by atoms with Gasteiger partial charge in [-0.2, -0.15) is 0 Å². The molecule has 0 aliphatic rings. The number of hydrogen-bond acceptors (Lipinski definition) is 3. The van der Waals surface area contributed by atoms with Crippen LogP contribution < -0.4 is 5.32 Å². The number of ether oxygens (including phenoxy) is 1. The minimum absolute atomic E-state index is 0.275. The molecule has 114 valence electrons. The molecular weight excluding hydrogens is 270 g/mol. The van der Waals surface area contributed by atoms with Crippen molar-refractivity contribution in [2.24, 2.45) is 0 Å². The first-order chi connectivity index (χ1) is 9.70. The van der Waals surface area contributed by atoms with Gasteiger partial charge in [-0.1, -0.05) is 24.3 Å². The standard InChI is InChI=1S/C16H21NO4/c1-11-12(7-5-9-13(11)14(18)19)8-6-10-17-15(20)21-16(2,3)4/h5-9H,10H2,1-4H3,(H,17,20)(H,18,19). The lowest BCUT2D eigenvalue weighted by Gasteiger charge is -2.19. The molecule has 1 aromatic carbocycles. The highest BCUT2D eigenvalue weighted by Gasteiger charge is 2.15. The molecule has 1 amide bonds. The number of hydrogen-bond donors (Lipinski definition) is 2. The molecule has 0 spiro atoms. The van der Waals surface area contributed by atoms with Crippen LogP contribution in [-0.4, -0.2) is 29.3 Å². The summed E-state index contributed by atoms with van der Waals surface area (Å²) in [7, 11) is 0. The van der Waals surface area contributed by atoms with Crippen molar-refractivity contribution in [3.8, 4) is 0 Å². The van der Waals surface area contributed by atoms with Crippen molar-refractivity contribution in [2.45, 2.75) is 33.3 Å². The third-order valence-electron chi connectivity index (χ3n) is 2.67. The lowest BCUT2D eigenvalue weighted by Crippen LogP contribution is -2.32. The first-order valence-electron chi connectivity index (χ1n) is 6.67. The maximum atomic E-state index is 11.4. The van der Waals surface area contributed by atoms with Crippen molar-refractivity contribution < 1.29 is 19.4 Å². The molecule has 0 fully saturated rings. The fourth-order valence-corrected chi connectivity index (χ4v) is 1.71. The molecule has 0 radical (unpaired) electrons. The molecule has 0 aliphatic carbocycles. The van der Waals surface area contributed by atoms with Crippen molar-refractivity contribution in [3.05, 3.63) is 41.0 Å². The van der Waals surface area contributed by atoms with Crippen LogP contribution in [0.1, 0.15) is 42.3 Å². The van der Waals surface area contributed by atoms with Gasteiger partial charge in [-0.3, -0.25) is 0 Å². The Morgan fingerprint density at radius 1 is 1.33 bits per heavy atom. The molecule has 5 heteroatoms. The van der Waals surface area contributed by atoms with Gasteiger partial charge in [-0.25, -0.2) is 9.59 Å². The minimum atomic E-state index is -0.949. The zero-order chi connectivity index (χ0) is 16.0. The molecule has 21 heavy (non-hydrogen) atoms. The fourth-order valence-electron chi connectivity index (χ4n) is 1.71. The van der Waals surface area contributed by atoms with Gasteiger partial charge in [0.1, 0.15) is 5.60 Å². The number of carboxylic acid groups (broad SMARTS) is 1. The molecule has 0 bridgehead atoms. The van der Waals surface area contributed by atoms with E-state index in [4.69, 9.17) is 9.84 Å². The molecule has 0 aliphatic heterocycles. The highest BCUT2D eigenvalue weighted by atomic mass is 16.6. The first-order valence-corrected chi connectivity index (χ1v) is 6.67. The van der Waals surface area contributed by atoms with Crippen LogP contribution in [0.2, 0.25) is 0 Å². The zero-order valence-corrected chi connectivity index (χ0v) is 12.8. The molecule has 0 heterocycles. The smallest absolute Gasteiger partial charge is 0.407 e. The van der Waals surface area contributed by atoms with Gasteiger partial charge in [0, 0.05) is 6.54 Å². The normalized spacial score (nSPS) is 11.4. The highest BCUT2D eigenvalue weighted by molar-refractivity contribution is 5.90. The maximum absolute atomic E-state index is 11.4. The predicted octanol–water partition coefficient (Wildman–Crippen LogP) is 3.23. The van der Waals surface area contributed by atoms with E-state index < -0.39 is 17.7 Å². The largest absolute Gasteiger partial charge is 0.478 e. The lowest BCUT2D eigenvalue weighted by atomic mass is 10.0. The van der Waals surface area contributed by atoms with E-state index in [1.807, 2.05) is 6.07 Å². The van der Waals surface area contributed by atoms with Gasteiger partial charge in [0.2, 0.25) is 0 Å². The molecule has 1 aromatic rings. The van der Waals surface area contributed by atoms with E-state index in [2.05, 4.69) is 5.32 Å². The topological polar surface area (TPSA) is 75.6 Å². The lowest BCUT2D eigenvalue weighted by molar-refractivity contribution is 0.0533. The number of nitrogens with one attached hydrogen (secondary N) is 1. The molecular formula is C16H21NO4. The molecule has 0 aromatic heterocycles. The van der Waals surface area contributed by atoms with Crippen LogP contribution in [0.25, 0.3) is 6.08 Å². The first kappa shape index (κ1) is 16.8. The number of amides is 1. The van der Waals surface area contributed by atoms with E-state index in [-0.39, 0.29) is 5.56 Å².